The summed E-state index contributed by atoms with van der Waals surface area (Å²) in [5, 5.41) is 0.645. The van der Waals surface area contributed by atoms with Crippen molar-refractivity contribution in [2.75, 3.05) is 0 Å². The maximum absolute atomic E-state index is 12.0. The summed E-state index contributed by atoms with van der Waals surface area (Å²) < 4.78 is 5.36. The number of rotatable bonds is 2. The van der Waals surface area contributed by atoms with Crippen molar-refractivity contribution in [3.8, 4) is 0 Å². The van der Waals surface area contributed by atoms with E-state index in [4.69, 9.17) is 16.0 Å². The molecule has 0 saturated heterocycles. The van der Waals surface area contributed by atoms with E-state index in [1.165, 1.54) is 30.5 Å². The van der Waals surface area contributed by atoms with Crippen LogP contribution in [0.2, 0.25) is 5.02 Å². The van der Waals surface area contributed by atoms with Gasteiger partial charge in [-0.2, -0.15) is 0 Å². The van der Waals surface area contributed by atoms with Crippen molar-refractivity contribution in [1.29, 1.82) is 0 Å². The van der Waals surface area contributed by atoms with Gasteiger partial charge in [-0.05, 0) is 30.3 Å². The lowest BCUT2D eigenvalue weighted by atomic mass is 10.2. The summed E-state index contributed by atoms with van der Waals surface area (Å²) in [5.41, 5.74) is 4.28. The second-order valence-corrected chi connectivity index (χ2v) is 5.18. The summed E-state index contributed by atoms with van der Waals surface area (Å²) in [7, 11) is 0. The third-order valence-electron chi connectivity index (χ3n) is 3.10. The molecule has 1 aromatic carbocycles. The van der Waals surface area contributed by atoms with E-state index in [0.29, 0.717) is 5.02 Å². The number of pyridine rings is 1. The van der Waals surface area contributed by atoms with Gasteiger partial charge in [0.05, 0.1) is 5.39 Å². The average molecular weight is 344 g/mol. The van der Waals surface area contributed by atoms with Gasteiger partial charge in [-0.15, -0.1) is 0 Å². The minimum atomic E-state index is -0.770. The van der Waals surface area contributed by atoms with Gasteiger partial charge in [-0.25, -0.2) is 0 Å². The molecule has 0 aliphatic carbocycles. The zero-order valence-electron chi connectivity index (χ0n) is 12.1. The van der Waals surface area contributed by atoms with E-state index in [-0.39, 0.29) is 22.4 Å². The first-order chi connectivity index (χ1) is 11.5. The standard InChI is InChI=1S/C16H10ClN3O4/c17-9-4-5-13-10(7-9)12(21)8-14(24-13)16(23)20-19-15(22)11-3-1-2-6-18-11/h1-8H,(H,19,22)(H,20,23). The molecule has 0 bridgehead atoms. The fraction of sp³-hybridized carbons (Fsp3) is 0. The van der Waals surface area contributed by atoms with Crippen LogP contribution >= 0.6 is 11.6 Å². The van der Waals surface area contributed by atoms with E-state index in [0.717, 1.165) is 6.07 Å². The Hall–Kier alpha value is -3.19. The Labute approximate surface area is 140 Å². The Morgan fingerprint density at radius 1 is 1.04 bits per heavy atom. The Kier molecular flexibility index (Phi) is 4.26. The molecular formula is C16H10ClN3O4. The van der Waals surface area contributed by atoms with Crippen LogP contribution in [-0.2, 0) is 0 Å². The molecule has 0 fully saturated rings. The highest BCUT2D eigenvalue weighted by Gasteiger charge is 2.14. The van der Waals surface area contributed by atoms with E-state index < -0.39 is 17.2 Å². The predicted octanol–water partition coefficient (Wildman–Crippen LogP) is 1.92. The molecule has 2 N–H and O–H groups in total. The molecule has 2 heterocycles. The van der Waals surface area contributed by atoms with Crippen LogP contribution in [0.25, 0.3) is 11.0 Å². The first-order valence-electron chi connectivity index (χ1n) is 6.80. The number of nitrogens with zero attached hydrogens (tertiary/aromatic N) is 1. The zero-order valence-corrected chi connectivity index (χ0v) is 12.8. The first kappa shape index (κ1) is 15.7. The number of hydrazine groups is 1. The van der Waals surface area contributed by atoms with Gasteiger partial charge < -0.3 is 4.42 Å². The lowest BCUT2D eigenvalue weighted by Gasteiger charge is -2.07. The quantitative estimate of drug-likeness (QED) is 0.692. The zero-order chi connectivity index (χ0) is 17.1. The molecule has 8 heteroatoms. The van der Waals surface area contributed by atoms with E-state index in [1.54, 1.807) is 12.1 Å². The fourth-order valence-electron chi connectivity index (χ4n) is 1.98. The molecule has 2 aromatic heterocycles. The van der Waals surface area contributed by atoms with Crippen LogP contribution < -0.4 is 16.3 Å². The number of carbonyl (C=O) groups is 2. The minimum absolute atomic E-state index is 0.132. The van der Waals surface area contributed by atoms with Gasteiger partial charge in [0.2, 0.25) is 0 Å². The molecule has 0 atom stereocenters. The van der Waals surface area contributed by atoms with Gasteiger partial charge in [-0.3, -0.25) is 30.2 Å². The number of hydrogen-bond donors (Lipinski definition) is 2. The van der Waals surface area contributed by atoms with Crippen molar-refractivity contribution in [3.05, 3.63) is 75.4 Å². The maximum Gasteiger partial charge on any atom is 0.305 e. The van der Waals surface area contributed by atoms with Gasteiger partial charge in [0.25, 0.3) is 5.91 Å². The van der Waals surface area contributed by atoms with Gasteiger partial charge in [0, 0.05) is 17.3 Å². The fourth-order valence-corrected chi connectivity index (χ4v) is 2.15. The highest BCUT2D eigenvalue weighted by molar-refractivity contribution is 6.31. The van der Waals surface area contributed by atoms with Crippen molar-refractivity contribution in [1.82, 2.24) is 15.8 Å². The summed E-state index contributed by atoms with van der Waals surface area (Å²) in [6, 6.07) is 10.3. The molecular weight excluding hydrogens is 334 g/mol. The molecule has 0 radical (unpaired) electrons. The smallest absolute Gasteiger partial charge is 0.305 e. The summed E-state index contributed by atoms with van der Waals surface area (Å²) in [6.07, 6.45) is 1.45. The Balaban J connectivity index is 1.78. The molecule has 0 aliphatic heterocycles. The van der Waals surface area contributed by atoms with Crippen LogP contribution in [0.5, 0.6) is 0 Å². The molecule has 24 heavy (non-hydrogen) atoms. The normalized spacial score (nSPS) is 10.4. The monoisotopic (exact) mass is 343 g/mol. The first-order valence-corrected chi connectivity index (χ1v) is 7.17. The Morgan fingerprint density at radius 2 is 1.83 bits per heavy atom. The van der Waals surface area contributed by atoms with E-state index in [1.807, 2.05) is 0 Å². The van der Waals surface area contributed by atoms with Crippen molar-refractivity contribution < 1.29 is 14.0 Å². The maximum atomic E-state index is 12.0. The highest BCUT2D eigenvalue weighted by Crippen LogP contribution is 2.17. The number of halogens is 1. The van der Waals surface area contributed by atoms with Gasteiger partial charge in [0.1, 0.15) is 11.3 Å². The number of benzene rings is 1. The van der Waals surface area contributed by atoms with Gasteiger partial charge >= 0.3 is 5.91 Å². The van der Waals surface area contributed by atoms with E-state index in [9.17, 15) is 14.4 Å². The second-order valence-electron chi connectivity index (χ2n) is 4.74. The average Bonchev–Trinajstić information content (AvgIpc) is 2.60. The van der Waals surface area contributed by atoms with Crippen LogP contribution in [0.15, 0.2) is 57.9 Å². The van der Waals surface area contributed by atoms with Crippen LogP contribution in [-0.4, -0.2) is 16.8 Å². The molecule has 2 amide bonds. The third-order valence-corrected chi connectivity index (χ3v) is 3.34. The second kappa shape index (κ2) is 6.51. The third kappa shape index (κ3) is 3.26. The van der Waals surface area contributed by atoms with Crippen molar-refractivity contribution in [2.45, 2.75) is 0 Å². The molecule has 3 aromatic rings. The predicted molar refractivity (Wildman–Crippen MR) is 86.7 cm³/mol. The van der Waals surface area contributed by atoms with Gasteiger partial charge in [-0.1, -0.05) is 17.7 Å². The van der Waals surface area contributed by atoms with Crippen molar-refractivity contribution in [2.24, 2.45) is 0 Å². The van der Waals surface area contributed by atoms with Crippen molar-refractivity contribution in [3.63, 3.8) is 0 Å². The number of nitrogens with one attached hydrogen (secondary N) is 2. The van der Waals surface area contributed by atoms with Crippen LogP contribution in [0, 0.1) is 0 Å². The highest BCUT2D eigenvalue weighted by atomic mass is 35.5. The number of amides is 2. The molecule has 120 valence electrons. The SMILES string of the molecule is O=C(NNC(=O)c1cc(=O)c2cc(Cl)ccc2o1)c1ccccn1. The lowest BCUT2D eigenvalue weighted by molar-refractivity contribution is 0.0829. The summed E-state index contributed by atoms with van der Waals surface area (Å²) in [5.74, 6) is -1.61. The number of aromatic nitrogens is 1. The van der Waals surface area contributed by atoms with E-state index in [2.05, 4.69) is 15.8 Å². The molecule has 0 spiro atoms. The summed E-state index contributed by atoms with van der Waals surface area (Å²) >= 11 is 5.82. The largest absolute Gasteiger partial charge is 0.451 e. The topological polar surface area (TPSA) is 101 Å². The van der Waals surface area contributed by atoms with Crippen LogP contribution in [0.1, 0.15) is 21.0 Å². The summed E-state index contributed by atoms with van der Waals surface area (Å²) in [6.45, 7) is 0. The van der Waals surface area contributed by atoms with Crippen LogP contribution in [0.3, 0.4) is 0 Å². The number of hydrogen-bond acceptors (Lipinski definition) is 5. The lowest BCUT2D eigenvalue weighted by Crippen LogP contribution is -2.42. The van der Waals surface area contributed by atoms with Gasteiger partial charge in [0.15, 0.2) is 11.2 Å². The number of fused-ring (bicyclic) bond motifs is 1. The number of carbonyl (C=O) groups excluding carboxylic acids is 2. The molecule has 0 aliphatic rings. The molecule has 3 rings (SSSR count). The molecule has 7 nitrogen and oxygen atoms in total. The minimum Gasteiger partial charge on any atom is -0.451 e. The Bertz CT molecular complexity index is 986. The van der Waals surface area contributed by atoms with Crippen molar-refractivity contribution >= 4 is 34.4 Å². The molecule has 0 saturated carbocycles. The Morgan fingerprint density at radius 3 is 2.58 bits per heavy atom. The van der Waals surface area contributed by atoms with E-state index >= 15 is 0 Å². The van der Waals surface area contributed by atoms with Crippen LogP contribution in [0.4, 0.5) is 0 Å². The summed E-state index contributed by atoms with van der Waals surface area (Å²) in [4.78, 5) is 39.7. The molecule has 0 unspecified atom stereocenters.